The van der Waals surface area contributed by atoms with Gasteiger partial charge >= 0.3 is 5.69 Å². The minimum atomic E-state index is -0.671. The van der Waals surface area contributed by atoms with E-state index in [0.717, 1.165) is 6.07 Å². The van der Waals surface area contributed by atoms with E-state index in [-0.39, 0.29) is 17.1 Å². The molecular formula is C12H10N3O5+. The lowest BCUT2D eigenvalue weighted by molar-refractivity contribution is -0.601. The van der Waals surface area contributed by atoms with Crippen LogP contribution in [-0.4, -0.2) is 17.0 Å². The Morgan fingerprint density at radius 3 is 2.20 bits per heavy atom. The van der Waals surface area contributed by atoms with Crippen molar-refractivity contribution < 1.29 is 19.2 Å². The van der Waals surface area contributed by atoms with Crippen molar-refractivity contribution in [2.45, 2.75) is 0 Å². The van der Waals surface area contributed by atoms with Crippen molar-refractivity contribution >= 4 is 11.4 Å². The molecule has 1 aromatic carbocycles. The smallest absolute Gasteiger partial charge is 0.347 e. The molecule has 0 amide bonds. The third-order valence-corrected chi connectivity index (χ3v) is 2.68. The predicted molar refractivity (Wildman–Crippen MR) is 67.8 cm³/mol. The molecule has 1 heterocycles. The maximum absolute atomic E-state index is 11.0. The number of hydrogen-bond donors (Lipinski definition) is 0. The highest BCUT2D eigenvalue weighted by Gasteiger charge is 2.25. The predicted octanol–water partition coefficient (Wildman–Crippen LogP) is 1.79. The number of methoxy groups -OCH3 is 1. The molecule has 0 spiro atoms. The molecule has 2 aromatic rings. The van der Waals surface area contributed by atoms with Crippen LogP contribution in [0.3, 0.4) is 0 Å². The first-order valence-electron chi connectivity index (χ1n) is 5.51. The van der Waals surface area contributed by atoms with Crippen LogP contribution in [0.25, 0.3) is 5.69 Å². The first-order valence-corrected chi connectivity index (χ1v) is 5.51. The SMILES string of the molecule is COc1cc[n+](-c2ccc([N+](=O)[O-])cc2[N+](=O)[O-])cc1. The molecule has 0 saturated heterocycles. The normalized spacial score (nSPS) is 10.1. The zero-order valence-corrected chi connectivity index (χ0v) is 10.4. The van der Waals surface area contributed by atoms with E-state index in [4.69, 9.17) is 4.74 Å². The van der Waals surface area contributed by atoms with Crippen LogP contribution in [0.2, 0.25) is 0 Å². The molecule has 0 fully saturated rings. The highest BCUT2D eigenvalue weighted by atomic mass is 16.6. The highest BCUT2D eigenvalue weighted by Crippen LogP contribution is 2.24. The lowest BCUT2D eigenvalue weighted by Gasteiger charge is -2.00. The lowest BCUT2D eigenvalue weighted by atomic mass is 10.2. The number of non-ortho nitro benzene ring substituents is 1. The average Bonchev–Trinajstić information content (AvgIpc) is 2.46. The van der Waals surface area contributed by atoms with Crippen molar-refractivity contribution in [3.8, 4) is 11.4 Å². The number of nitro groups is 2. The number of nitro benzene ring substituents is 2. The molecule has 0 aliphatic rings. The van der Waals surface area contributed by atoms with Gasteiger partial charge in [-0.05, 0) is 0 Å². The fraction of sp³-hybridized carbons (Fsp3) is 0.0833. The largest absolute Gasteiger partial charge is 0.496 e. The quantitative estimate of drug-likeness (QED) is 0.481. The summed E-state index contributed by atoms with van der Waals surface area (Å²) >= 11 is 0. The number of aromatic nitrogens is 1. The molecule has 0 aliphatic heterocycles. The third kappa shape index (κ3) is 2.53. The standard InChI is InChI=1S/C12H10N3O5/c1-20-10-4-6-13(7-5-10)11-3-2-9(14(16)17)8-12(11)15(18)19/h2-8H,1H3/q+1. The minimum absolute atomic E-state index is 0.239. The zero-order chi connectivity index (χ0) is 14.7. The Kier molecular flexibility index (Phi) is 3.56. The number of pyridine rings is 1. The molecule has 0 bridgehead atoms. The Balaban J connectivity index is 2.54. The number of hydrogen-bond acceptors (Lipinski definition) is 5. The maximum atomic E-state index is 11.0. The Labute approximate surface area is 113 Å². The Morgan fingerprint density at radius 1 is 1.05 bits per heavy atom. The van der Waals surface area contributed by atoms with Crippen LogP contribution in [0.5, 0.6) is 5.75 Å². The molecule has 8 heteroatoms. The van der Waals surface area contributed by atoms with Crippen LogP contribution in [0.15, 0.2) is 42.7 Å². The van der Waals surface area contributed by atoms with Crippen LogP contribution in [0, 0.1) is 20.2 Å². The number of rotatable bonds is 4. The molecule has 0 atom stereocenters. The van der Waals surface area contributed by atoms with E-state index in [9.17, 15) is 20.2 Å². The van der Waals surface area contributed by atoms with Gasteiger partial charge in [0.1, 0.15) is 11.8 Å². The van der Waals surface area contributed by atoms with E-state index in [1.807, 2.05) is 0 Å². The molecule has 0 radical (unpaired) electrons. The monoisotopic (exact) mass is 276 g/mol. The molecule has 8 nitrogen and oxygen atoms in total. The summed E-state index contributed by atoms with van der Waals surface area (Å²) in [5.74, 6) is 0.603. The van der Waals surface area contributed by atoms with Crippen molar-refractivity contribution in [3.63, 3.8) is 0 Å². The fourth-order valence-electron chi connectivity index (χ4n) is 1.70. The molecule has 0 unspecified atom stereocenters. The second-order valence-electron chi connectivity index (χ2n) is 3.83. The van der Waals surface area contributed by atoms with E-state index in [0.29, 0.717) is 5.75 Å². The molecule has 0 aliphatic carbocycles. The van der Waals surface area contributed by atoms with Crippen molar-refractivity contribution in [1.29, 1.82) is 0 Å². The van der Waals surface area contributed by atoms with Crippen LogP contribution in [0.1, 0.15) is 0 Å². The first-order chi connectivity index (χ1) is 9.52. The van der Waals surface area contributed by atoms with Gasteiger partial charge < -0.3 is 4.74 Å². The van der Waals surface area contributed by atoms with Crippen molar-refractivity contribution in [2.75, 3.05) is 7.11 Å². The summed E-state index contributed by atoms with van der Waals surface area (Å²) in [4.78, 5) is 20.4. The van der Waals surface area contributed by atoms with Crippen LogP contribution >= 0.6 is 0 Å². The zero-order valence-electron chi connectivity index (χ0n) is 10.4. The van der Waals surface area contributed by atoms with Crippen molar-refractivity contribution in [3.05, 3.63) is 63.0 Å². The van der Waals surface area contributed by atoms with Gasteiger partial charge in [-0.25, -0.2) is 0 Å². The summed E-state index contributed by atoms with van der Waals surface area (Å²) in [5.41, 5.74) is -0.424. The molecule has 0 N–H and O–H groups in total. The van der Waals surface area contributed by atoms with Gasteiger partial charge in [0.15, 0.2) is 12.4 Å². The topological polar surface area (TPSA) is 99.4 Å². The van der Waals surface area contributed by atoms with Gasteiger partial charge in [-0.3, -0.25) is 20.2 Å². The van der Waals surface area contributed by atoms with Gasteiger partial charge in [0, 0.05) is 24.3 Å². The summed E-state index contributed by atoms with van der Waals surface area (Å²) < 4.78 is 6.49. The van der Waals surface area contributed by atoms with Gasteiger partial charge in [0.25, 0.3) is 11.4 Å². The Hall–Kier alpha value is -3.03. The fourth-order valence-corrected chi connectivity index (χ4v) is 1.70. The van der Waals surface area contributed by atoms with Gasteiger partial charge in [-0.2, -0.15) is 4.57 Å². The number of ether oxygens (including phenoxy) is 1. The molecule has 0 saturated carbocycles. The number of benzene rings is 1. The van der Waals surface area contributed by atoms with E-state index >= 15 is 0 Å². The van der Waals surface area contributed by atoms with Gasteiger partial charge in [-0.1, -0.05) is 0 Å². The molecule has 102 valence electrons. The summed E-state index contributed by atoms with van der Waals surface area (Å²) in [6.45, 7) is 0. The van der Waals surface area contributed by atoms with Gasteiger partial charge in [0.2, 0.25) is 0 Å². The molecule has 20 heavy (non-hydrogen) atoms. The summed E-state index contributed by atoms with van der Waals surface area (Å²) in [7, 11) is 1.51. The van der Waals surface area contributed by atoms with Crippen molar-refractivity contribution in [2.24, 2.45) is 0 Å². The average molecular weight is 276 g/mol. The van der Waals surface area contributed by atoms with Gasteiger partial charge in [0.05, 0.1) is 17.0 Å². The lowest BCUT2D eigenvalue weighted by Crippen LogP contribution is -2.30. The van der Waals surface area contributed by atoms with Gasteiger partial charge in [-0.15, -0.1) is 0 Å². The van der Waals surface area contributed by atoms with E-state index in [2.05, 4.69) is 0 Å². The third-order valence-electron chi connectivity index (χ3n) is 2.68. The molecule has 1 aromatic heterocycles. The minimum Gasteiger partial charge on any atom is -0.496 e. The Morgan fingerprint density at radius 2 is 1.70 bits per heavy atom. The summed E-state index contributed by atoms with van der Waals surface area (Å²) in [6.07, 6.45) is 3.15. The first kappa shape index (κ1) is 13.4. The summed E-state index contributed by atoms with van der Waals surface area (Å²) in [6, 6.07) is 6.76. The molecule has 2 rings (SSSR count). The Bertz CT molecular complexity index is 669. The highest BCUT2D eigenvalue weighted by molar-refractivity contribution is 5.53. The second kappa shape index (κ2) is 5.31. The van der Waals surface area contributed by atoms with Crippen LogP contribution in [-0.2, 0) is 0 Å². The number of nitrogens with zero attached hydrogens (tertiary/aromatic N) is 3. The van der Waals surface area contributed by atoms with Crippen LogP contribution < -0.4 is 9.30 Å². The van der Waals surface area contributed by atoms with Crippen molar-refractivity contribution in [1.82, 2.24) is 0 Å². The van der Waals surface area contributed by atoms with E-state index in [1.54, 1.807) is 24.5 Å². The second-order valence-corrected chi connectivity index (χ2v) is 3.83. The van der Waals surface area contributed by atoms with E-state index in [1.165, 1.54) is 23.8 Å². The van der Waals surface area contributed by atoms with Crippen LogP contribution in [0.4, 0.5) is 11.4 Å². The molecular weight excluding hydrogens is 266 g/mol. The maximum Gasteiger partial charge on any atom is 0.347 e. The summed E-state index contributed by atoms with van der Waals surface area (Å²) in [5, 5.41) is 21.7. The van der Waals surface area contributed by atoms with E-state index < -0.39 is 9.85 Å².